The Morgan fingerprint density at radius 1 is 1.09 bits per heavy atom. The molecule has 1 heterocycles. The number of carboxylic acids is 1. The van der Waals surface area contributed by atoms with E-state index < -0.39 is 24.1 Å². The molecule has 0 radical (unpaired) electrons. The number of carboxylic acid groups (broad SMARTS) is 1. The van der Waals surface area contributed by atoms with Gasteiger partial charge in [0.1, 0.15) is 12.6 Å². The van der Waals surface area contributed by atoms with E-state index in [1.54, 1.807) is 0 Å². The number of rotatable bonds is 8. The Balaban J connectivity index is 1.38. The second-order valence-electron chi connectivity index (χ2n) is 9.40. The van der Waals surface area contributed by atoms with Gasteiger partial charge in [-0.05, 0) is 34.6 Å². The summed E-state index contributed by atoms with van der Waals surface area (Å²) in [4.78, 5) is 39.0. The Hall–Kier alpha value is -3.00. The standard InChI is InChI=1S/C27H32N2O5S/c1-4-17(13-24(30)29-23(26(31)32)15-35-25(29)16(2)3)28-27(33)34-14-22-20-11-7-5-9-18(20)19-10-6-8-12-21(19)22/h5-12,16-17,22-23,25H,4,13-15H2,1-3H3,(H,28,33)(H,31,32)/t17-,23?,25?/m1/s1. The lowest BCUT2D eigenvalue weighted by molar-refractivity contribution is -0.149. The first-order chi connectivity index (χ1) is 16.8. The van der Waals surface area contributed by atoms with Gasteiger partial charge in [0.05, 0.1) is 5.37 Å². The van der Waals surface area contributed by atoms with E-state index in [2.05, 4.69) is 29.6 Å². The fourth-order valence-electron chi connectivity index (χ4n) is 4.97. The number of nitrogens with one attached hydrogen (secondary N) is 1. The lowest BCUT2D eigenvalue weighted by Crippen LogP contribution is -2.49. The number of amides is 2. The van der Waals surface area contributed by atoms with Gasteiger partial charge in [-0.2, -0.15) is 0 Å². The van der Waals surface area contributed by atoms with Crippen LogP contribution in [0.25, 0.3) is 11.1 Å². The smallest absolute Gasteiger partial charge is 0.407 e. The highest BCUT2D eigenvalue weighted by Crippen LogP contribution is 2.44. The molecule has 0 bridgehead atoms. The fraction of sp³-hybridized carbons (Fsp3) is 0.444. The first-order valence-electron chi connectivity index (χ1n) is 12.1. The Morgan fingerprint density at radius 3 is 2.23 bits per heavy atom. The first kappa shape index (κ1) is 25.1. The SMILES string of the molecule is CC[C@H](CC(=O)N1C(C(=O)O)CSC1C(C)C)NC(=O)OCC1c2ccccc2-c2ccccc21. The highest BCUT2D eigenvalue weighted by atomic mass is 32.2. The molecule has 4 rings (SSSR count). The molecule has 8 heteroatoms. The molecule has 2 amide bonds. The predicted octanol–water partition coefficient (Wildman–Crippen LogP) is 4.70. The summed E-state index contributed by atoms with van der Waals surface area (Å²) < 4.78 is 5.62. The minimum absolute atomic E-state index is 0.0360. The third-order valence-electron chi connectivity index (χ3n) is 6.76. The lowest BCUT2D eigenvalue weighted by Gasteiger charge is -2.31. The largest absolute Gasteiger partial charge is 0.480 e. The maximum atomic E-state index is 13.1. The second kappa shape index (κ2) is 10.7. The van der Waals surface area contributed by atoms with Gasteiger partial charge >= 0.3 is 12.1 Å². The van der Waals surface area contributed by atoms with Crippen molar-refractivity contribution < 1.29 is 24.2 Å². The summed E-state index contributed by atoms with van der Waals surface area (Å²) in [5.41, 5.74) is 4.58. The van der Waals surface area contributed by atoms with Crippen LogP contribution in [-0.2, 0) is 14.3 Å². The summed E-state index contributed by atoms with van der Waals surface area (Å²) in [6.45, 7) is 6.04. The molecule has 2 aliphatic rings. The molecule has 1 aliphatic carbocycles. The van der Waals surface area contributed by atoms with Crippen LogP contribution in [0.4, 0.5) is 4.79 Å². The molecule has 1 saturated heterocycles. The van der Waals surface area contributed by atoms with Crippen molar-refractivity contribution in [3.8, 4) is 11.1 Å². The predicted molar refractivity (Wildman–Crippen MR) is 136 cm³/mol. The number of fused-ring (bicyclic) bond motifs is 3. The highest BCUT2D eigenvalue weighted by molar-refractivity contribution is 8.00. The first-order valence-corrected chi connectivity index (χ1v) is 13.1. The van der Waals surface area contributed by atoms with Crippen molar-refractivity contribution in [2.75, 3.05) is 12.4 Å². The van der Waals surface area contributed by atoms with Crippen molar-refractivity contribution in [3.63, 3.8) is 0 Å². The van der Waals surface area contributed by atoms with Crippen molar-refractivity contribution in [2.45, 2.75) is 57.0 Å². The number of hydrogen-bond acceptors (Lipinski definition) is 5. The van der Waals surface area contributed by atoms with E-state index in [0.717, 1.165) is 22.3 Å². The van der Waals surface area contributed by atoms with Crippen molar-refractivity contribution in [1.29, 1.82) is 0 Å². The van der Waals surface area contributed by atoms with E-state index in [1.807, 2.05) is 45.0 Å². The number of benzene rings is 2. The van der Waals surface area contributed by atoms with E-state index in [4.69, 9.17) is 4.74 Å². The van der Waals surface area contributed by atoms with Crippen molar-refractivity contribution in [1.82, 2.24) is 10.2 Å². The van der Waals surface area contributed by atoms with Crippen LogP contribution in [0.15, 0.2) is 48.5 Å². The van der Waals surface area contributed by atoms with Gasteiger partial charge in [-0.1, -0.05) is 69.3 Å². The number of nitrogens with zero attached hydrogens (tertiary/aromatic N) is 1. The molecular formula is C27H32N2O5S. The molecule has 186 valence electrons. The summed E-state index contributed by atoms with van der Waals surface area (Å²) >= 11 is 1.50. The Morgan fingerprint density at radius 2 is 1.69 bits per heavy atom. The van der Waals surface area contributed by atoms with Crippen LogP contribution < -0.4 is 5.32 Å². The van der Waals surface area contributed by atoms with Crippen LogP contribution in [0.1, 0.15) is 50.7 Å². The zero-order valence-electron chi connectivity index (χ0n) is 20.3. The van der Waals surface area contributed by atoms with Gasteiger partial charge in [-0.15, -0.1) is 11.8 Å². The van der Waals surface area contributed by atoms with E-state index in [-0.39, 0.29) is 36.1 Å². The van der Waals surface area contributed by atoms with Crippen LogP contribution in [0.5, 0.6) is 0 Å². The molecule has 1 fully saturated rings. The maximum absolute atomic E-state index is 13.1. The van der Waals surface area contributed by atoms with E-state index in [9.17, 15) is 19.5 Å². The quantitative estimate of drug-likeness (QED) is 0.550. The van der Waals surface area contributed by atoms with Gasteiger partial charge in [0.2, 0.25) is 5.91 Å². The van der Waals surface area contributed by atoms with Crippen LogP contribution in [0.2, 0.25) is 0 Å². The van der Waals surface area contributed by atoms with Crippen LogP contribution in [-0.4, -0.2) is 57.8 Å². The number of ether oxygens (including phenoxy) is 1. The number of aliphatic carboxylic acids is 1. The molecule has 1 aliphatic heterocycles. The molecule has 0 saturated carbocycles. The third-order valence-corrected chi connectivity index (χ3v) is 8.38. The summed E-state index contributed by atoms with van der Waals surface area (Å²) in [5.74, 6) is -0.790. The molecule has 2 aromatic rings. The van der Waals surface area contributed by atoms with Crippen molar-refractivity contribution in [2.24, 2.45) is 5.92 Å². The fourth-order valence-corrected chi connectivity index (χ4v) is 6.46. The molecule has 2 N–H and O–H groups in total. The summed E-state index contributed by atoms with van der Waals surface area (Å²) in [6, 6.07) is 15.0. The molecule has 35 heavy (non-hydrogen) atoms. The van der Waals surface area contributed by atoms with Gasteiger partial charge in [-0.3, -0.25) is 4.79 Å². The van der Waals surface area contributed by atoms with Gasteiger partial charge in [0.15, 0.2) is 0 Å². The van der Waals surface area contributed by atoms with Gasteiger partial charge in [0.25, 0.3) is 0 Å². The summed E-state index contributed by atoms with van der Waals surface area (Å²) in [7, 11) is 0. The molecule has 2 unspecified atom stereocenters. The number of carbonyl (C=O) groups excluding carboxylic acids is 2. The molecule has 2 aromatic carbocycles. The minimum Gasteiger partial charge on any atom is -0.480 e. The molecule has 3 atom stereocenters. The lowest BCUT2D eigenvalue weighted by atomic mass is 9.98. The Kier molecular flexibility index (Phi) is 7.69. The van der Waals surface area contributed by atoms with Crippen LogP contribution in [0.3, 0.4) is 0 Å². The van der Waals surface area contributed by atoms with Gasteiger partial charge < -0.3 is 20.1 Å². The number of hydrogen-bond donors (Lipinski definition) is 2. The average molecular weight is 497 g/mol. The normalized spacial score (nSPS) is 19.8. The zero-order chi connectivity index (χ0) is 25.1. The Labute approximate surface area is 210 Å². The minimum atomic E-state index is -0.994. The second-order valence-corrected chi connectivity index (χ2v) is 10.6. The molecular weight excluding hydrogens is 464 g/mol. The van der Waals surface area contributed by atoms with E-state index in [0.29, 0.717) is 12.2 Å². The van der Waals surface area contributed by atoms with Crippen molar-refractivity contribution in [3.05, 3.63) is 59.7 Å². The topological polar surface area (TPSA) is 95.9 Å². The number of thioether (sulfide) groups is 1. The molecule has 7 nitrogen and oxygen atoms in total. The highest BCUT2D eigenvalue weighted by Gasteiger charge is 2.43. The van der Waals surface area contributed by atoms with E-state index >= 15 is 0 Å². The zero-order valence-corrected chi connectivity index (χ0v) is 21.1. The van der Waals surface area contributed by atoms with Crippen LogP contribution >= 0.6 is 11.8 Å². The number of carbonyl (C=O) groups is 3. The number of alkyl carbamates (subject to hydrolysis) is 1. The molecule has 0 aromatic heterocycles. The Bertz CT molecular complexity index is 1060. The monoisotopic (exact) mass is 496 g/mol. The summed E-state index contributed by atoms with van der Waals surface area (Å²) in [5, 5.41) is 12.2. The average Bonchev–Trinajstić information content (AvgIpc) is 3.43. The summed E-state index contributed by atoms with van der Waals surface area (Å²) in [6.07, 6.45) is -0.00702. The van der Waals surface area contributed by atoms with E-state index in [1.165, 1.54) is 16.7 Å². The van der Waals surface area contributed by atoms with Gasteiger partial charge in [-0.25, -0.2) is 9.59 Å². The molecule has 0 spiro atoms. The van der Waals surface area contributed by atoms with Gasteiger partial charge in [0, 0.05) is 24.1 Å². The third kappa shape index (κ3) is 5.17. The maximum Gasteiger partial charge on any atom is 0.407 e. The van der Waals surface area contributed by atoms with Crippen LogP contribution in [0, 0.1) is 5.92 Å². The van der Waals surface area contributed by atoms with Crippen molar-refractivity contribution >= 4 is 29.7 Å².